The van der Waals surface area contributed by atoms with Crippen LogP contribution >= 0.6 is 8.38 Å². The monoisotopic (exact) mass is 445 g/mol. The van der Waals surface area contributed by atoms with Crippen LogP contribution in [0.1, 0.15) is 135 Å². The highest BCUT2D eigenvalue weighted by Gasteiger charge is 2.01. The van der Waals surface area contributed by atoms with Crippen molar-refractivity contribution in [3.63, 3.8) is 0 Å². The summed E-state index contributed by atoms with van der Waals surface area (Å²) in [5, 5.41) is 3.03. The van der Waals surface area contributed by atoms with Crippen LogP contribution in [0.25, 0.3) is 0 Å². The Morgan fingerprint density at radius 2 is 1.13 bits per heavy atom. The van der Waals surface area contributed by atoms with E-state index in [-0.39, 0.29) is 5.91 Å². The Bertz CT molecular complexity index is 353. The van der Waals surface area contributed by atoms with Gasteiger partial charge in [-0.1, -0.05) is 110 Å². The number of amides is 1. The van der Waals surface area contributed by atoms with Gasteiger partial charge in [-0.05, 0) is 19.3 Å². The minimum atomic E-state index is -1.21. The SMILES string of the molecule is CCCCCCCCCCCCCCCCCC(=O)NCCCCCCOP(C)O. The molecule has 0 spiro atoms. The average Bonchev–Trinajstić information content (AvgIpc) is 2.72. The van der Waals surface area contributed by atoms with E-state index in [1.54, 1.807) is 6.66 Å². The number of unbranched alkanes of at least 4 members (excludes halogenated alkanes) is 17. The van der Waals surface area contributed by atoms with Crippen molar-refractivity contribution in [1.82, 2.24) is 5.32 Å². The molecule has 180 valence electrons. The van der Waals surface area contributed by atoms with E-state index in [2.05, 4.69) is 12.2 Å². The third-order valence-electron chi connectivity index (χ3n) is 5.68. The van der Waals surface area contributed by atoms with Crippen molar-refractivity contribution in [3.05, 3.63) is 0 Å². The molecule has 0 fully saturated rings. The third kappa shape index (κ3) is 25.9. The Morgan fingerprint density at radius 3 is 1.63 bits per heavy atom. The van der Waals surface area contributed by atoms with Crippen molar-refractivity contribution in [2.24, 2.45) is 0 Å². The fourth-order valence-corrected chi connectivity index (χ4v) is 4.14. The van der Waals surface area contributed by atoms with E-state index in [1.165, 1.54) is 89.9 Å². The lowest BCUT2D eigenvalue weighted by molar-refractivity contribution is -0.121. The van der Waals surface area contributed by atoms with Crippen LogP contribution in [0.3, 0.4) is 0 Å². The predicted octanol–water partition coefficient (Wildman–Crippen LogP) is 7.88. The molecule has 0 radical (unpaired) electrons. The summed E-state index contributed by atoms with van der Waals surface area (Å²) in [5.74, 6) is 0.213. The average molecular weight is 446 g/mol. The Morgan fingerprint density at radius 1 is 0.700 bits per heavy atom. The molecule has 5 heteroatoms. The van der Waals surface area contributed by atoms with Crippen LogP contribution in [0.4, 0.5) is 0 Å². The lowest BCUT2D eigenvalue weighted by Crippen LogP contribution is -2.23. The second-order valence-electron chi connectivity index (χ2n) is 8.76. The number of carbonyl (C=O) groups is 1. The second kappa shape index (κ2) is 25.1. The van der Waals surface area contributed by atoms with Gasteiger partial charge >= 0.3 is 0 Å². The summed E-state index contributed by atoms with van der Waals surface area (Å²) in [4.78, 5) is 20.9. The van der Waals surface area contributed by atoms with Crippen LogP contribution in [0.5, 0.6) is 0 Å². The van der Waals surface area contributed by atoms with Gasteiger partial charge in [0.1, 0.15) is 0 Å². The van der Waals surface area contributed by atoms with Crippen LogP contribution in [0.15, 0.2) is 0 Å². The number of rotatable bonds is 24. The fraction of sp³-hybridized carbons (Fsp3) is 0.960. The lowest BCUT2D eigenvalue weighted by Gasteiger charge is -2.07. The highest BCUT2D eigenvalue weighted by atomic mass is 31.2. The topological polar surface area (TPSA) is 58.6 Å². The van der Waals surface area contributed by atoms with Crippen molar-refractivity contribution >= 4 is 14.3 Å². The van der Waals surface area contributed by atoms with Crippen LogP contribution in [-0.2, 0) is 9.32 Å². The molecule has 0 saturated carbocycles. The summed E-state index contributed by atoms with van der Waals surface area (Å²) in [6.07, 6.45) is 25.3. The fourth-order valence-electron chi connectivity index (χ4n) is 3.75. The Balaban J connectivity index is 3.14. The van der Waals surface area contributed by atoms with Crippen molar-refractivity contribution in [2.75, 3.05) is 19.8 Å². The van der Waals surface area contributed by atoms with Gasteiger partial charge in [0.15, 0.2) is 8.38 Å². The molecular formula is C25H52NO3P. The summed E-state index contributed by atoms with van der Waals surface area (Å²) in [6, 6.07) is 0. The Hall–Kier alpha value is -0.180. The summed E-state index contributed by atoms with van der Waals surface area (Å²) in [6.45, 7) is 5.41. The van der Waals surface area contributed by atoms with Crippen molar-refractivity contribution in [1.29, 1.82) is 0 Å². The van der Waals surface area contributed by atoms with Gasteiger partial charge in [0.05, 0.1) is 6.61 Å². The summed E-state index contributed by atoms with van der Waals surface area (Å²) < 4.78 is 5.16. The van der Waals surface area contributed by atoms with E-state index in [1.807, 2.05) is 0 Å². The van der Waals surface area contributed by atoms with Gasteiger partial charge in [-0.15, -0.1) is 0 Å². The molecule has 1 unspecified atom stereocenters. The molecule has 0 heterocycles. The highest BCUT2D eigenvalue weighted by Crippen LogP contribution is 2.25. The van der Waals surface area contributed by atoms with Gasteiger partial charge in [0, 0.05) is 19.6 Å². The number of carbonyl (C=O) groups excluding carboxylic acids is 1. The van der Waals surface area contributed by atoms with E-state index < -0.39 is 8.38 Å². The highest BCUT2D eigenvalue weighted by molar-refractivity contribution is 7.45. The van der Waals surface area contributed by atoms with E-state index in [9.17, 15) is 4.79 Å². The van der Waals surface area contributed by atoms with Crippen molar-refractivity contribution < 1.29 is 14.2 Å². The van der Waals surface area contributed by atoms with Gasteiger partial charge in [-0.2, -0.15) is 0 Å². The van der Waals surface area contributed by atoms with E-state index >= 15 is 0 Å². The van der Waals surface area contributed by atoms with Gasteiger partial charge in [0.25, 0.3) is 0 Å². The normalized spacial score (nSPS) is 12.2. The maximum Gasteiger partial charge on any atom is 0.219 e. The zero-order chi connectivity index (χ0) is 22.1. The number of hydrogen-bond acceptors (Lipinski definition) is 3. The third-order valence-corrected chi connectivity index (χ3v) is 6.24. The summed E-state index contributed by atoms with van der Waals surface area (Å²) in [5.41, 5.74) is 0. The number of hydrogen-bond donors (Lipinski definition) is 2. The molecule has 0 rings (SSSR count). The maximum absolute atomic E-state index is 11.8. The molecule has 30 heavy (non-hydrogen) atoms. The Kier molecular flexibility index (Phi) is 24.9. The first-order chi connectivity index (χ1) is 14.7. The molecule has 1 amide bonds. The first kappa shape index (κ1) is 29.8. The molecule has 4 nitrogen and oxygen atoms in total. The number of nitrogens with one attached hydrogen (secondary N) is 1. The van der Waals surface area contributed by atoms with Crippen LogP contribution in [0, 0.1) is 0 Å². The molecule has 0 aliphatic carbocycles. The van der Waals surface area contributed by atoms with Gasteiger partial charge in [-0.3, -0.25) is 4.79 Å². The zero-order valence-corrected chi connectivity index (χ0v) is 21.2. The van der Waals surface area contributed by atoms with Crippen LogP contribution in [-0.4, -0.2) is 30.6 Å². The molecule has 0 saturated heterocycles. The molecule has 1 atom stereocenters. The minimum absolute atomic E-state index is 0.213. The predicted molar refractivity (Wildman–Crippen MR) is 132 cm³/mol. The van der Waals surface area contributed by atoms with Gasteiger partial charge < -0.3 is 14.7 Å². The maximum atomic E-state index is 11.8. The summed E-state index contributed by atoms with van der Waals surface area (Å²) in [7, 11) is -1.21. The van der Waals surface area contributed by atoms with E-state index in [4.69, 9.17) is 9.42 Å². The first-order valence-corrected chi connectivity index (χ1v) is 14.6. The molecule has 0 aromatic rings. The lowest BCUT2D eigenvalue weighted by atomic mass is 10.0. The quantitative estimate of drug-likeness (QED) is 0.117. The van der Waals surface area contributed by atoms with Gasteiger partial charge in [-0.25, -0.2) is 0 Å². The van der Waals surface area contributed by atoms with Crippen molar-refractivity contribution in [2.45, 2.75) is 135 Å². The first-order valence-electron chi connectivity index (χ1n) is 13.0. The minimum Gasteiger partial charge on any atom is -0.356 e. The van der Waals surface area contributed by atoms with Crippen molar-refractivity contribution in [3.8, 4) is 0 Å². The Labute approximate surface area is 189 Å². The van der Waals surface area contributed by atoms with E-state index in [0.29, 0.717) is 13.0 Å². The summed E-state index contributed by atoms with van der Waals surface area (Å²) >= 11 is 0. The molecule has 0 aromatic heterocycles. The molecule has 0 bridgehead atoms. The van der Waals surface area contributed by atoms with Crippen LogP contribution in [0.2, 0.25) is 0 Å². The molecule has 0 aliphatic heterocycles. The smallest absolute Gasteiger partial charge is 0.219 e. The zero-order valence-electron chi connectivity index (χ0n) is 20.3. The second-order valence-corrected chi connectivity index (χ2v) is 9.95. The van der Waals surface area contributed by atoms with Gasteiger partial charge in [0.2, 0.25) is 5.91 Å². The van der Waals surface area contributed by atoms with Crippen LogP contribution < -0.4 is 5.32 Å². The molecular weight excluding hydrogens is 393 g/mol. The van der Waals surface area contributed by atoms with E-state index in [0.717, 1.165) is 38.6 Å². The standard InChI is InChI=1S/C25H52NO3P/c1-3-4-5-6-7-8-9-10-11-12-13-14-15-16-19-22-25(27)26-23-20-17-18-21-24-29-30(2)28/h28H,3-24H2,1-2H3,(H,26,27). The molecule has 0 aliphatic rings. The largest absolute Gasteiger partial charge is 0.356 e. The molecule has 0 aromatic carbocycles. The molecule has 2 N–H and O–H groups in total.